The lowest BCUT2D eigenvalue weighted by Crippen LogP contribution is -2.16. The normalized spacial score (nSPS) is 11.3. The molecule has 0 atom stereocenters. The zero-order valence-electron chi connectivity index (χ0n) is 10.5. The number of sulfone groups is 1. The van der Waals surface area contributed by atoms with E-state index >= 15 is 0 Å². The molecule has 0 fully saturated rings. The molecular formula is C9H16ClN5O2S. The van der Waals surface area contributed by atoms with Gasteiger partial charge in [-0.15, -0.1) is 0 Å². The van der Waals surface area contributed by atoms with Gasteiger partial charge in [-0.05, 0) is 18.0 Å². The molecule has 0 bridgehead atoms. The van der Waals surface area contributed by atoms with Gasteiger partial charge in [-0.1, -0.05) is 0 Å². The summed E-state index contributed by atoms with van der Waals surface area (Å²) in [5, 5.41) is 3.01. The first kappa shape index (κ1) is 14.9. The Hall–Kier alpha value is -1.15. The third-order valence-electron chi connectivity index (χ3n) is 1.97. The number of nitrogens with zero attached hydrogens (tertiary/aromatic N) is 4. The highest BCUT2D eigenvalue weighted by Crippen LogP contribution is 2.11. The first-order valence-corrected chi connectivity index (χ1v) is 7.72. The quantitative estimate of drug-likeness (QED) is 0.761. The molecule has 1 aromatic heterocycles. The van der Waals surface area contributed by atoms with Crippen molar-refractivity contribution >= 4 is 33.3 Å². The minimum absolute atomic E-state index is 0.0966. The molecule has 0 aromatic carbocycles. The van der Waals surface area contributed by atoms with Gasteiger partial charge in [-0.3, -0.25) is 0 Å². The van der Waals surface area contributed by atoms with Crippen LogP contribution in [0, 0.1) is 0 Å². The van der Waals surface area contributed by atoms with Crippen LogP contribution in [0.2, 0.25) is 5.28 Å². The average Bonchev–Trinajstić information content (AvgIpc) is 2.22. The lowest BCUT2D eigenvalue weighted by atomic mass is 10.5. The van der Waals surface area contributed by atoms with Crippen molar-refractivity contribution in [1.29, 1.82) is 0 Å². The van der Waals surface area contributed by atoms with E-state index in [2.05, 4.69) is 20.3 Å². The van der Waals surface area contributed by atoms with E-state index in [0.29, 0.717) is 24.9 Å². The number of rotatable bonds is 6. The molecule has 9 heteroatoms. The van der Waals surface area contributed by atoms with Crippen LogP contribution in [0.4, 0.5) is 11.9 Å². The minimum atomic E-state index is -2.94. The van der Waals surface area contributed by atoms with Crippen molar-refractivity contribution in [2.45, 2.75) is 6.42 Å². The predicted molar refractivity (Wildman–Crippen MR) is 72.0 cm³/mol. The van der Waals surface area contributed by atoms with E-state index in [-0.39, 0.29) is 11.0 Å². The van der Waals surface area contributed by atoms with E-state index in [1.807, 2.05) is 0 Å². The molecule has 0 aliphatic heterocycles. The van der Waals surface area contributed by atoms with Gasteiger partial charge in [0.15, 0.2) is 0 Å². The fourth-order valence-corrected chi connectivity index (χ4v) is 1.98. The zero-order valence-corrected chi connectivity index (χ0v) is 12.1. The van der Waals surface area contributed by atoms with E-state index in [9.17, 15) is 8.42 Å². The molecule has 0 saturated carbocycles. The van der Waals surface area contributed by atoms with Crippen LogP contribution in [-0.4, -0.2) is 56.0 Å². The number of hydrogen-bond acceptors (Lipinski definition) is 7. The fourth-order valence-electron chi connectivity index (χ4n) is 1.15. The molecule has 0 spiro atoms. The van der Waals surface area contributed by atoms with Crippen molar-refractivity contribution in [1.82, 2.24) is 15.0 Å². The lowest BCUT2D eigenvalue weighted by Gasteiger charge is -2.11. The van der Waals surface area contributed by atoms with Crippen molar-refractivity contribution in [3.05, 3.63) is 5.28 Å². The van der Waals surface area contributed by atoms with Crippen LogP contribution in [0.15, 0.2) is 0 Å². The van der Waals surface area contributed by atoms with Crippen LogP contribution in [-0.2, 0) is 9.84 Å². The first-order chi connectivity index (χ1) is 8.28. The molecule has 0 aliphatic carbocycles. The smallest absolute Gasteiger partial charge is 0.230 e. The van der Waals surface area contributed by atoms with Crippen LogP contribution in [0.3, 0.4) is 0 Å². The Bertz CT molecular complexity index is 506. The van der Waals surface area contributed by atoms with Gasteiger partial charge in [0.1, 0.15) is 9.84 Å². The van der Waals surface area contributed by atoms with Gasteiger partial charge in [0, 0.05) is 26.9 Å². The van der Waals surface area contributed by atoms with Gasteiger partial charge in [0.2, 0.25) is 17.2 Å². The van der Waals surface area contributed by atoms with Crippen molar-refractivity contribution in [3.63, 3.8) is 0 Å². The summed E-state index contributed by atoms with van der Waals surface area (Å²) in [5.74, 6) is 0.909. The summed E-state index contributed by atoms with van der Waals surface area (Å²) in [5.41, 5.74) is 0. The van der Waals surface area contributed by atoms with Gasteiger partial charge >= 0.3 is 0 Å². The van der Waals surface area contributed by atoms with Crippen molar-refractivity contribution < 1.29 is 8.42 Å². The van der Waals surface area contributed by atoms with Gasteiger partial charge in [0.25, 0.3) is 0 Å². The van der Waals surface area contributed by atoms with Gasteiger partial charge < -0.3 is 10.2 Å². The summed E-state index contributed by atoms with van der Waals surface area (Å²) >= 11 is 5.75. The maximum atomic E-state index is 10.9. The number of hydrogen-bond donors (Lipinski definition) is 1. The van der Waals surface area contributed by atoms with E-state index in [1.54, 1.807) is 19.0 Å². The van der Waals surface area contributed by atoms with Crippen LogP contribution < -0.4 is 10.2 Å². The zero-order chi connectivity index (χ0) is 13.8. The summed E-state index contributed by atoms with van der Waals surface area (Å²) in [6.45, 7) is 0.459. The summed E-state index contributed by atoms with van der Waals surface area (Å²) in [7, 11) is 0.646. The molecule has 102 valence electrons. The Morgan fingerprint density at radius 2 is 1.94 bits per heavy atom. The van der Waals surface area contributed by atoms with Crippen LogP contribution >= 0.6 is 11.6 Å². The van der Waals surface area contributed by atoms with Crippen LogP contribution in [0.25, 0.3) is 0 Å². The number of anilines is 2. The first-order valence-electron chi connectivity index (χ1n) is 5.28. The van der Waals surface area contributed by atoms with Crippen LogP contribution in [0.1, 0.15) is 6.42 Å². The topological polar surface area (TPSA) is 88.1 Å². The Morgan fingerprint density at radius 3 is 2.50 bits per heavy atom. The van der Waals surface area contributed by atoms with Crippen molar-refractivity contribution in [2.24, 2.45) is 0 Å². The van der Waals surface area contributed by atoms with E-state index in [0.717, 1.165) is 0 Å². The molecule has 0 aliphatic rings. The maximum absolute atomic E-state index is 10.9. The molecular weight excluding hydrogens is 278 g/mol. The van der Waals surface area contributed by atoms with Crippen molar-refractivity contribution in [2.75, 3.05) is 42.9 Å². The second kappa shape index (κ2) is 6.14. The summed E-state index contributed by atoms with van der Waals surface area (Å²) < 4.78 is 21.9. The summed E-state index contributed by atoms with van der Waals surface area (Å²) in [6, 6.07) is 0. The largest absolute Gasteiger partial charge is 0.354 e. The number of aromatic nitrogens is 3. The van der Waals surface area contributed by atoms with Gasteiger partial charge in [0.05, 0.1) is 5.75 Å². The molecule has 0 radical (unpaired) electrons. The van der Waals surface area contributed by atoms with Gasteiger partial charge in [-0.25, -0.2) is 8.42 Å². The monoisotopic (exact) mass is 293 g/mol. The standard InChI is InChI=1S/C9H16ClN5O2S/c1-15(2)9-13-7(10)12-8(14-9)11-5-4-6-18(3,16)17/h4-6H2,1-3H3,(H,11,12,13,14). The molecule has 0 saturated heterocycles. The SMILES string of the molecule is CN(C)c1nc(Cl)nc(NCCCS(C)(=O)=O)n1. The molecule has 1 heterocycles. The summed E-state index contributed by atoms with van der Waals surface area (Å²) in [6.07, 6.45) is 1.69. The molecule has 0 amide bonds. The highest BCUT2D eigenvalue weighted by atomic mass is 35.5. The third-order valence-corrected chi connectivity index (χ3v) is 3.17. The number of nitrogens with one attached hydrogen (secondary N) is 1. The lowest BCUT2D eigenvalue weighted by molar-refractivity contribution is 0.600. The van der Waals surface area contributed by atoms with Gasteiger partial charge in [-0.2, -0.15) is 15.0 Å². The molecule has 18 heavy (non-hydrogen) atoms. The maximum Gasteiger partial charge on any atom is 0.230 e. The fraction of sp³-hybridized carbons (Fsp3) is 0.667. The molecule has 0 unspecified atom stereocenters. The molecule has 1 rings (SSSR count). The second-order valence-electron chi connectivity index (χ2n) is 4.03. The van der Waals surface area contributed by atoms with E-state index < -0.39 is 9.84 Å². The van der Waals surface area contributed by atoms with E-state index in [4.69, 9.17) is 11.6 Å². The highest BCUT2D eigenvalue weighted by Gasteiger charge is 2.07. The van der Waals surface area contributed by atoms with Crippen LogP contribution in [0.5, 0.6) is 0 Å². The third kappa shape index (κ3) is 5.46. The summed E-state index contributed by atoms with van der Waals surface area (Å²) in [4.78, 5) is 13.7. The molecule has 1 N–H and O–H groups in total. The van der Waals surface area contributed by atoms with E-state index in [1.165, 1.54) is 6.26 Å². The Labute approximate surface area is 112 Å². The highest BCUT2D eigenvalue weighted by molar-refractivity contribution is 7.90. The Kier molecular flexibility index (Phi) is 5.09. The number of halogens is 1. The minimum Gasteiger partial charge on any atom is -0.354 e. The molecule has 1 aromatic rings. The molecule has 7 nitrogen and oxygen atoms in total. The average molecular weight is 294 g/mol. The predicted octanol–water partition coefficient (Wildman–Crippen LogP) is 0.438. The Balaban J connectivity index is 2.57. The second-order valence-corrected chi connectivity index (χ2v) is 6.63. The van der Waals surface area contributed by atoms with Crippen molar-refractivity contribution in [3.8, 4) is 0 Å². The Morgan fingerprint density at radius 1 is 1.28 bits per heavy atom.